The summed E-state index contributed by atoms with van der Waals surface area (Å²) in [5, 5.41) is 4.05. The summed E-state index contributed by atoms with van der Waals surface area (Å²) in [5.74, 6) is 0. The summed E-state index contributed by atoms with van der Waals surface area (Å²) >= 11 is 4.39. The minimum Gasteiger partial charge on any atom is -0.266 e. The molecule has 6 heteroatoms. The number of thiophene rings is 1. The second-order valence-corrected chi connectivity index (χ2v) is 5.08. The third kappa shape index (κ3) is 2.63. The zero-order valence-electron chi connectivity index (χ0n) is 7.53. The third-order valence-electron chi connectivity index (χ3n) is 1.82. The summed E-state index contributed by atoms with van der Waals surface area (Å²) in [5.41, 5.74) is 0. The molecule has 0 fully saturated rings. The van der Waals surface area contributed by atoms with Crippen LogP contribution in [0.15, 0.2) is 29.0 Å². The van der Waals surface area contributed by atoms with E-state index in [1.807, 2.05) is 6.20 Å². The lowest BCUT2D eigenvalue weighted by Crippen LogP contribution is -1.97. The predicted molar refractivity (Wildman–Crippen MR) is 58.3 cm³/mol. The SMILES string of the molecule is FC(F)c1ccc(Cn2cc(Br)cn2)s1. The molecule has 2 aromatic rings. The first-order valence-electron chi connectivity index (χ1n) is 4.20. The predicted octanol–water partition coefficient (Wildman–Crippen LogP) is 3.69. The molecule has 80 valence electrons. The lowest BCUT2D eigenvalue weighted by molar-refractivity contribution is 0.155. The quantitative estimate of drug-likeness (QED) is 0.844. The lowest BCUT2D eigenvalue weighted by atomic mass is 10.4. The van der Waals surface area contributed by atoms with E-state index in [-0.39, 0.29) is 4.88 Å². The summed E-state index contributed by atoms with van der Waals surface area (Å²) in [4.78, 5) is 0.983. The Kier molecular flexibility index (Phi) is 3.16. The van der Waals surface area contributed by atoms with E-state index in [0.29, 0.717) is 6.54 Å². The molecule has 2 rings (SSSR count). The van der Waals surface area contributed by atoms with E-state index in [1.165, 1.54) is 6.07 Å². The van der Waals surface area contributed by atoms with E-state index in [2.05, 4.69) is 21.0 Å². The zero-order valence-corrected chi connectivity index (χ0v) is 9.93. The van der Waals surface area contributed by atoms with Gasteiger partial charge in [-0.3, -0.25) is 4.68 Å². The van der Waals surface area contributed by atoms with Gasteiger partial charge in [-0.25, -0.2) is 8.78 Å². The maximum atomic E-state index is 12.3. The highest BCUT2D eigenvalue weighted by molar-refractivity contribution is 9.10. The zero-order chi connectivity index (χ0) is 10.8. The van der Waals surface area contributed by atoms with Gasteiger partial charge in [-0.05, 0) is 28.1 Å². The minimum absolute atomic E-state index is 0.108. The van der Waals surface area contributed by atoms with Gasteiger partial charge in [0.2, 0.25) is 0 Å². The highest BCUT2D eigenvalue weighted by Gasteiger charge is 2.10. The summed E-state index contributed by atoms with van der Waals surface area (Å²) in [6, 6.07) is 3.17. The van der Waals surface area contributed by atoms with E-state index < -0.39 is 6.43 Å². The molecule has 2 nitrogen and oxygen atoms in total. The molecule has 0 N–H and O–H groups in total. The summed E-state index contributed by atoms with van der Waals surface area (Å²) in [6.07, 6.45) is 1.09. The second kappa shape index (κ2) is 4.40. The molecule has 0 aliphatic carbocycles. The maximum Gasteiger partial charge on any atom is 0.272 e. The van der Waals surface area contributed by atoms with Crippen molar-refractivity contribution in [3.8, 4) is 0 Å². The molecule has 0 saturated carbocycles. The molecule has 0 aromatic carbocycles. The lowest BCUT2D eigenvalue weighted by Gasteiger charge is -1.96. The van der Waals surface area contributed by atoms with Gasteiger partial charge < -0.3 is 0 Å². The van der Waals surface area contributed by atoms with E-state index in [4.69, 9.17) is 0 Å². The van der Waals surface area contributed by atoms with Crippen molar-refractivity contribution in [3.63, 3.8) is 0 Å². The number of nitrogens with zero attached hydrogens (tertiary/aromatic N) is 2. The minimum atomic E-state index is -2.38. The van der Waals surface area contributed by atoms with E-state index >= 15 is 0 Å². The molecule has 0 saturated heterocycles. The van der Waals surface area contributed by atoms with Crippen molar-refractivity contribution in [3.05, 3.63) is 38.8 Å². The Hall–Kier alpha value is -0.750. The highest BCUT2D eigenvalue weighted by atomic mass is 79.9. The average molecular weight is 293 g/mol. The van der Waals surface area contributed by atoms with Crippen LogP contribution in [0.5, 0.6) is 0 Å². The number of hydrogen-bond donors (Lipinski definition) is 0. The van der Waals surface area contributed by atoms with Gasteiger partial charge in [-0.15, -0.1) is 11.3 Å². The van der Waals surface area contributed by atoms with Crippen LogP contribution in [-0.4, -0.2) is 9.78 Å². The summed E-state index contributed by atoms with van der Waals surface area (Å²) in [6.45, 7) is 0.531. The van der Waals surface area contributed by atoms with Crippen LogP contribution in [-0.2, 0) is 6.54 Å². The van der Waals surface area contributed by atoms with Gasteiger partial charge in [0, 0.05) is 11.1 Å². The fraction of sp³-hybridized carbons (Fsp3) is 0.222. The fourth-order valence-corrected chi connectivity index (χ4v) is 2.37. The van der Waals surface area contributed by atoms with Gasteiger partial charge in [0.1, 0.15) is 0 Å². The molecule has 0 bridgehead atoms. The van der Waals surface area contributed by atoms with Gasteiger partial charge >= 0.3 is 0 Å². The molecular weight excluding hydrogens is 286 g/mol. The first kappa shape index (κ1) is 10.8. The highest BCUT2D eigenvalue weighted by Crippen LogP contribution is 2.27. The van der Waals surface area contributed by atoms with Crippen molar-refractivity contribution in [1.82, 2.24) is 9.78 Å². The van der Waals surface area contributed by atoms with Crippen LogP contribution in [0.2, 0.25) is 0 Å². The van der Waals surface area contributed by atoms with Gasteiger partial charge in [0.15, 0.2) is 0 Å². The molecular formula is C9H7BrF2N2S. The van der Waals surface area contributed by atoms with Crippen LogP contribution in [0.3, 0.4) is 0 Å². The molecule has 2 heterocycles. The number of aromatic nitrogens is 2. The fourth-order valence-electron chi connectivity index (χ4n) is 1.18. The summed E-state index contributed by atoms with van der Waals surface area (Å²) in [7, 11) is 0. The number of hydrogen-bond acceptors (Lipinski definition) is 2. The van der Waals surface area contributed by atoms with Gasteiger partial charge in [0.05, 0.1) is 22.1 Å². The topological polar surface area (TPSA) is 17.8 Å². The van der Waals surface area contributed by atoms with Crippen LogP contribution < -0.4 is 0 Å². The molecule has 0 spiro atoms. The van der Waals surface area contributed by atoms with Crippen LogP contribution in [0, 0.1) is 0 Å². The first-order valence-corrected chi connectivity index (χ1v) is 5.81. The molecule has 0 aliphatic heterocycles. The first-order chi connectivity index (χ1) is 7.15. The Morgan fingerprint density at radius 1 is 1.47 bits per heavy atom. The molecule has 0 unspecified atom stereocenters. The largest absolute Gasteiger partial charge is 0.272 e. The van der Waals surface area contributed by atoms with Crippen molar-refractivity contribution in [1.29, 1.82) is 0 Å². The maximum absolute atomic E-state index is 12.3. The van der Waals surface area contributed by atoms with Crippen molar-refractivity contribution in [2.45, 2.75) is 13.0 Å². The van der Waals surface area contributed by atoms with Crippen molar-refractivity contribution < 1.29 is 8.78 Å². The monoisotopic (exact) mass is 292 g/mol. The molecule has 0 amide bonds. The van der Waals surface area contributed by atoms with Gasteiger partial charge in [-0.1, -0.05) is 0 Å². The Morgan fingerprint density at radius 2 is 2.27 bits per heavy atom. The standard InChI is InChI=1S/C9H7BrF2N2S/c10-6-3-13-14(4-6)5-7-1-2-8(15-7)9(11)12/h1-4,9H,5H2. The van der Waals surface area contributed by atoms with E-state index in [1.54, 1.807) is 16.9 Å². The Morgan fingerprint density at radius 3 is 2.80 bits per heavy atom. The molecule has 0 aliphatic rings. The molecule has 0 radical (unpaired) electrons. The third-order valence-corrected chi connectivity index (χ3v) is 3.30. The normalized spacial score (nSPS) is 11.2. The molecule has 15 heavy (non-hydrogen) atoms. The van der Waals surface area contributed by atoms with Crippen molar-refractivity contribution in [2.75, 3.05) is 0 Å². The Labute approximate surface area is 97.7 Å². The van der Waals surface area contributed by atoms with Crippen LogP contribution in [0.4, 0.5) is 8.78 Å². The van der Waals surface area contributed by atoms with Crippen LogP contribution in [0.25, 0.3) is 0 Å². The van der Waals surface area contributed by atoms with Crippen molar-refractivity contribution >= 4 is 27.3 Å². The van der Waals surface area contributed by atoms with E-state index in [0.717, 1.165) is 20.7 Å². The number of halogens is 3. The van der Waals surface area contributed by atoms with E-state index in [9.17, 15) is 8.78 Å². The van der Waals surface area contributed by atoms with Gasteiger partial charge in [0.25, 0.3) is 6.43 Å². The van der Waals surface area contributed by atoms with Crippen LogP contribution in [0.1, 0.15) is 16.2 Å². The smallest absolute Gasteiger partial charge is 0.266 e. The second-order valence-electron chi connectivity index (χ2n) is 2.96. The molecule has 2 aromatic heterocycles. The van der Waals surface area contributed by atoms with Crippen molar-refractivity contribution in [2.24, 2.45) is 0 Å². The molecule has 0 atom stereocenters. The number of rotatable bonds is 3. The van der Waals surface area contributed by atoms with Gasteiger partial charge in [-0.2, -0.15) is 5.10 Å². The van der Waals surface area contributed by atoms with Crippen LogP contribution >= 0.6 is 27.3 Å². The summed E-state index contributed by atoms with van der Waals surface area (Å²) < 4.78 is 27.2. The Balaban J connectivity index is 2.11. The average Bonchev–Trinajstić information content (AvgIpc) is 2.76. The Bertz CT molecular complexity index is 452. The number of alkyl halides is 2.